The maximum absolute atomic E-state index is 13.1. The van der Waals surface area contributed by atoms with Gasteiger partial charge in [-0.3, -0.25) is 0 Å². The van der Waals surface area contributed by atoms with Gasteiger partial charge < -0.3 is 10.6 Å². The third kappa shape index (κ3) is 4.37. The van der Waals surface area contributed by atoms with Crippen LogP contribution in [0.4, 0.5) is 14.5 Å². The van der Waals surface area contributed by atoms with E-state index in [4.69, 9.17) is 23.8 Å². The van der Waals surface area contributed by atoms with Gasteiger partial charge in [-0.1, -0.05) is 23.7 Å². The van der Waals surface area contributed by atoms with Gasteiger partial charge in [0.25, 0.3) is 0 Å². The topological polar surface area (TPSA) is 24.1 Å². The molecule has 21 heavy (non-hydrogen) atoms. The summed E-state index contributed by atoms with van der Waals surface area (Å²) >= 11 is 10.9. The molecule has 0 heterocycles. The number of benzene rings is 2. The minimum Gasteiger partial charge on any atom is -0.356 e. The predicted molar refractivity (Wildman–Crippen MR) is 85.6 cm³/mol. The zero-order valence-corrected chi connectivity index (χ0v) is 12.7. The van der Waals surface area contributed by atoms with Gasteiger partial charge in [0, 0.05) is 5.69 Å². The molecule has 0 amide bonds. The van der Waals surface area contributed by atoms with Gasteiger partial charge in [0.2, 0.25) is 0 Å². The Labute approximate surface area is 132 Å². The average Bonchev–Trinajstić information content (AvgIpc) is 2.43. The summed E-state index contributed by atoms with van der Waals surface area (Å²) in [5.41, 5.74) is 1.49. The first kappa shape index (κ1) is 15.7. The lowest BCUT2D eigenvalue weighted by atomic mass is 10.1. The maximum atomic E-state index is 13.1. The molecule has 0 unspecified atom stereocenters. The number of hydrogen-bond acceptors (Lipinski definition) is 1. The SMILES string of the molecule is C[C@H](NC(=S)Nc1ccc(F)c(Cl)c1)c1ccc(F)cc1. The molecule has 2 rings (SSSR count). The molecule has 0 saturated carbocycles. The number of anilines is 1. The lowest BCUT2D eigenvalue weighted by Gasteiger charge is -2.17. The highest BCUT2D eigenvalue weighted by Gasteiger charge is 2.08. The van der Waals surface area contributed by atoms with Gasteiger partial charge in [-0.25, -0.2) is 8.78 Å². The molecule has 0 radical (unpaired) electrons. The summed E-state index contributed by atoms with van der Waals surface area (Å²) in [7, 11) is 0. The van der Waals surface area contributed by atoms with Gasteiger partial charge >= 0.3 is 0 Å². The summed E-state index contributed by atoms with van der Waals surface area (Å²) in [5, 5.41) is 6.37. The molecule has 0 spiro atoms. The van der Waals surface area contributed by atoms with Crippen LogP contribution in [0.2, 0.25) is 5.02 Å². The largest absolute Gasteiger partial charge is 0.356 e. The van der Waals surface area contributed by atoms with Gasteiger partial charge in [0.15, 0.2) is 5.11 Å². The molecule has 0 fully saturated rings. The van der Waals surface area contributed by atoms with Crippen molar-refractivity contribution in [3.05, 3.63) is 64.7 Å². The van der Waals surface area contributed by atoms with Crippen LogP contribution in [-0.4, -0.2) is 5.11 Å². The van der Waals surface area contributed by atoms with Gasteiger partial charge in [0.1, 0.15) is 11.6 Å². The monoisotopic (exact) mass is 326 g/mol. The van der Waals surface area contributed by atoms with Gasteiger partial charge in [-0.15, -0.1) is 0 Å². The van der Waals surface area contributed by atoms with Crippen molar-refractivity contribution < 1.29 is 8.78 Å². The minimum atomic E-state index is -0.485. The van der Waals surface area contributed by atoms with E-state index in [1.54, 1.807) is 12.1 Å². The molecular formula is C15H13ClF2N2S. The highest BCUT2D eigenvalue weighted by Crippen LogP contribution is 2.19. The number of rotatable bonds is 3. The van der Waals surface area contributed by atoms with E-state index in [-0.39, 0.29) is 16.9 Å². The molecule has 2 aromatic rings. The summed E-state index contributed by atoms with van der Waals surface area (Å²) in [5.74, 6) is -0.770. The molecule has 2 nitrogen and oxygen atoms in total. The van der Waals surface area contributed by atoms with Crippen LogP contribution in [0.15, 0.2) is 42.5 Å². The molecule has 2 N–H and O–H groups in total. The highest BCUT2D eigenvalue weighted by molar-refractivity contribution is 7.80. The summed E-state index contributed by atoms with van der Waals surface area (Å²) in [6.07, 6.45) is 0. The summed E-state index contributed by atoms with van der Waals surface area (Å²) in [6.45, 7) is 1.90. The molecule has 0 aliphatic heterocycles. The van der Waals surface area contributed by atoms with Crippen molar-refractivity contribution in [2.45, 2.75) is 13.0 Å². The van der Waals surface area contributed by atoms with E-state index in [0.717, 1.165) is 5.56 Å². The first-order valence-electron chi connectivity index (χ1n) is 6.24. The van der Waals surface area contributed by atoms with Crippen molar-refractivity contribution in [3.8, 4) is 0 Å². The van der Waals surface area contributed by atoms with E-state index in [1.165, 1.54) is 30.3 Å². The quantitative estimate of drug-likeness (QED) is 0.802. The number of halogens is 3. The Kier molecular flexibility index (Phi) is 5.09. The van der Waals surface area contributed by atoms with E-state index in [1.807, 2.05) is 6.92 Å². The van der Waals surface area contributed by atoms with E-state index >= 15 is 0 Å². The Hall–Kier alpha value is -1.72. The van der Waals surface area contributed by atoms with Crippen molar-refractivity contribution in [1.82, 2.24) is 5.32 Å². The van der Waals surface area contributed by atoms with Crippen LogP contribution in [0, 0.1) is 11.6 Å². The lowest BCUT2D eigenvalue weighted by molar-refractivity contribution is 0.624. The average molecular weight is 327 g/mol. The first-order valence-corrected chi connectivity index (χ1v) is 7.02. The minimum absolute atomic E-state index is 0.0226. The third-order valence-corrected chi connectivity index (χ3v) is 3.40. The van der Waals surface area contributed by atoms with Gasteiger partial charge in [-0.05, 0) is 55.0 Å². The third-order valence-electron chi connectivity index (χ3n) is 2.90. The molecular weight excluding hydrogens is 314 g/mol. The number of thiocarbonyl (C=S) groups is 1. The van der Waals surface area contributed by atoms with Gasteiger partial charge in [-0.2, -0.15) is 0 Å². The summed E-state index contributed by atoms with van der Waals surface area (Å²) in [6, 6.07) is 10.3. The Balaban J connectivity index is 1.97. The fourth-order valence-corrected chi connectivity index (χ4v) is 2.25. The molecule has 2 aromatic carbocycles. The van der Waals surface area contributed by atoms with Crippen molar-refractivity contribution in [2.75, 3.05) is 5.32 Å². The number of hydrogen-bond donors (Lipinski definition) is 2. The van der Waals surface area contributed by atoms with E-state index in [0.29, 0.717) is 10.8 Å². The molecule has 6 heteroatoms. The molecule has 0 aliphatic carbocycles. The van der Waals surface area contributed by atoms with E-state index in [9.17, 15) is 8.78 Å². The Bertz CT molecular complexity index is 647. The fourth-order valence-electron chi connectivity index (χ4n) is 1.77. The zero-order valence-electron chi connectivity index (χ0n) is 11.2. The predicted octanol–water partition coefficient (Wildman–Crippen LogP) is 4.67. The van der Waals surface area contributed by atoms with Crippen molar-refractivity contribution in [1.29, 1.82) is 0 Å². The summed E-state index contributed by atoms with van der Waals surface area (Å²) in [4.78, 5) is 0. The highest BCUT2D eigenvalue weighted by atomic mass is 35.5. The first-order chi connectivity index (χ1) is 9.95. The number of nitrogens with one attached hydrogen (secondary N) is 2. The molecule has 0 saturated heterocycles. The molecule has 0 bridgehead atoms. The Morgan fingerprint density at radius 1 is 1.14 bits per heavy atom. The van der Waals surface area contributed by atoms with Crippen LogP contribution in [0.5, 0.6) is 0 Å². The van der Waals surface area contributed by atoms with Crippen LogP contribution >= 0.6 is 23.8 Å². The molecule has 0 aliphatic rings. The molecule has 1 atom stereocenters. The second-order valence-corrected chi connectivity index (χ2v) is 5.32. The lowest BCUT2D eigenvalue weighted by Crippen LogP contribution is -2.30. The smallest absolute Gasteiger partial charge is 0.171 e. The van der Waals surface area contributed by atoms with Crippen molar-refractivity contribution >= 4 is 34.6 Å². The van der Waals surface area contributed by atoms with Crippen LogP contribution in [0.25, 0.3) is 0 Å². The van der Waals surface area contributed by atoms with Crippen LogP contribution in [-0.2, 0) is 0 Å². The van der Waals surface area contributed by atoms with Crippen LogP contribution in [0.3, 0.4) is 0 Å². The normalized spacial score (nSPS) is 11.8. The second-order valence-electron chi connectivity index (χ2n) is 4.50. The summed E-state index contributed by atoms with van der Waals surface area (Å²) < 4.78 is 25.9. The zero-order chi connectivity index (χ0) is 15.4. The van der Waals surface area contributed by atoms with Crippen LogP contribution < -0.4 is 10.6 Å². The Morgan fingerprint density at radius 2 is 1.81 bits per heavy atom. The second kappa shape index (κ2) is 6.83. The molecule has 0 aromatic heterocycles. The standard InChI is InChI=1S/C15H13ClF2N2S/c1-9(10-2-4-11(17)5-3-10)19-15(21)20-12-6-7-14(18)13(16)8-12/h2-9H,1H3,(H2,19,20,21)/t9-/m0/s1. The van der Waals surface area contributed by atoms with E-state index in [2.05, 4.69) is 10.6 Å². The van der Waals surface area contributed by atoms with Gasteiger partial charge in [0.05, 0.1) is 11.1 Å². The maximum Gasteiger partial charge on any atom is 0.171 e. The Morgan fingerprint density at radius 3 is 2.43 bits per heavy atom. The van der Waals surface area contributed by atoms with Crippen molar-refractivity contribution in [3.63, 3.8) is 0 Å². The van der Waals surface area contributed by atoms with Crippen LogP contribution in [0.1, 0.15) is 18.5 Å². The molecule has 110 valence electrons. The van der Waals surface area contributed by atoms with Crippen molar-refractivity contribution in [2.24, 2.45) is 0 Å². The fraction of sp³-hybridized carbons (Fsp3) is 0.133. The van der Waals surface area contributed by atoms with E-state index < -0.39 is 5.82 Å².